The standard InChI is InChI=1S/C43H43ClN4O8/c44-23-22-33(27-8-14-30(49)15-9-27)39(28-10-16-31(50)17-11-28)29-12-18-32(19-13-29)56-26-25-46-37(51)7-2-1-3-24-45-35-6-4-5-34-40(35)43(55)48(42(34)54)36-20-21-38(52)47-41(36)53/h4-6,8-19,36,45,49-50H,1-3,7,20-26H2,(H,46,51)(H,47,52,53). The third-order valence-corrected chi connectivity index (χ3v) is 9.91. The Morgan fingerprint density at radius 1 is 0.786 bits per heavy atom. The molecule has 2 aliphatic heterocycles. The summed E-state index contributed by atoms with van der Waals surface area (Å²) in [4.78, 5) is 63.7. The molecule has 1 fully saturated rings. The minimum atomic E-state index is -1.02. The molecule has 0 aliphatic carbocycles. The van der Waals surface area contributed by atoms with E-state index in [4.69, 9.17) is 16.3 Å². The van der Waals surface area contributed by atoms with E-state index in [1.54, 1.807) is 42.5 Å². The van der Waals surface area contributed by atoms with Crippen molar-refractivity contribution in [1.82, 2.24) is 15.5 Å². The van der Waals surface area contributed by atoms with E-state index in [1.165, 1.54) is 0 Å². The predicted octanol–water partition coefficient (Wildman–Crippen LogP) is 6.25. The maximum Gasteiger partial charge on any atom is 0.264 e. The lowest BCUT2D eigenvalue weighted by Gasteiger charge is -2.27. The summed E-state index contributed by atoms with van der Waals surface area (Å²) in [5, 5.41) is 28.1. The van der Waals surface area contributed by atoms with Gasteiger partial charge in [-0.3, -0.25) is 34.2 Å². The number of nitrogens with one attached hydrogen (secondary N) is 3. The fourth-order valence-corrected chi connectivity index (χ4v) is 7.14. The molecule has 1 atom stereocenters. The van der Waals surface area contributed by atoms with Crippen LogP contribution in [0, 0.1) is 0 Å². The van der Waals surface area contributed by atoms with Gasteiger partial charge in [0.05, 0.1) is 17.7 Å². The number of anilines is 1. The van der Waals surface area contributed by atoms with E-state index >= 15 is 0 Å². The fourth-order valence-electron chi connectivity index (χ4n) is 6.95. The van der Waals surface area contributed by atoms with Crippen LogP contribution in [0.1, 0.15) is 82.4 Å². The molecule has 56 heavy (non-hydrogen) atoms. The molecule has 0 saturated carbocycles. The number of phenols is 2. The highest BCUT2D eigenvalue weighted by Gasteiger charge is 2.45. The summed E-state index contributed by atoms with van der Waals surface area (Å²) in [5.41, 5.74) is 5.63. The third-order valence-electron chi connectivity index (χ3n) is 9.72. The van der Waals surface area contributed by atoms with Crippen molar-refractivity contribution in [2.75, 3.05) is 30.9 Å². The van der Waals surface area contributed by atoms with Crippen LogP contribution in [0.5, 0.6) is 17.2 Å². The van der Waals surface area contributed by atoms with Gasteiger partial charge in [-0.15, -0.1) is 11.6 Å². The fraction of sp³-hybridized carbons (Fsp3) is 0.279. The van der Waals surface area contributed by atoms with Crippen molar-refractivity contribution < 1.29 is 38.9 Å². The number of carbonyl (C=O) groups excluding carboxylic acids is 5. The number of aromatic hydroxyl groups is 2. The van der Waals surface area contributed by atoms with Crippen LogP contribution in [0.4, 0.5) is 5.69 Å². The number of ether oxygens (including phenoxy) is 1. The lowest BCUT2D eigenvalue weighted by atomic mass is 9.88. The summed E-state index contributed by atoms with van der Waals surface area (Å²) >= 11 is 6.25. The molecular weight excluding hydrogens is 736 g/mol. The maximum absolute atomic E-state index is 13.3. The van der Waals surface area contributed by atoms with Crippen molar-refractivity contribution in [2.45, 2.75) is 51.0 Å². The molecule has 4 aromatic rings. The predicted molar refractivity (Wildman–Crippen MR) is 212 cm³/mol. The average Bonchev–Trinajstić information content (AvgIpc) is 3.45. The minimum absolute atomic E-state index is 0.0563. The normalized spacial score (nSPS) is 15.6. The largest absolute Gasteiger partial charge is 0.508 e. The number of amides is 5. The van der Waals surface area contributed by atoms with E-state index in [-0.39, 0.29) is 48.0 Å². The third kappa shape index (κ3) is 9.38. The molecule has 1 saturated heterocycles. The second-order valence-corrected chi connectivity index (χ2v) is 13.9. The Kier molecular flexibility index (Phi) is 13.0. The van der Waals surface area contributed by atoms with Gasteiger partial charge in [0.2, 0.25) is 17.7 Å². The van der Waals surface area contributed by atoms with Crippen LogP contribution >= 0.6 is 11.6 Å². The van der Waals surface area contributed by atoms with Crippen LogP contribution in [0.2, 0.25) is 0 Å². The maximum atomic E-state index is 13.3. The van der Waals surface area contributed by atoms with Gasteiger partial charge in [-0.2, -0.15) is 0 Å². The Morgan fingerprint density at radius 2 is 1.45 bits per heavy atom. The number of alkyl halides is 1. The van der Waals surface area contributed by atoms with E-state index in [1.807, 2.05) is 48.5 Å². The minimum Gasteiger partial charge on any atom is -0.508 e. The molecule has 290 valence electrons. The molecule has 5 N–H and O–H groups in total. The van der Waals surface area contributed by atoms with E-state index in [2.05, 4.69) is 16.0 Å². The van der Waals surface area contributed by atoms with E-state index in [0.29, 0.717) is 49.7 Å². The van der Waals surface area contributed by atoms with Crippen LogP contribution in [0.3, 0.4) is 0 Å². The van der Waals surface area contributed by atoms with Gasteiger partial charge in [-0.25, -0.2) is 0 Å². The van der Waals surface area contributed by atoms with Crippen LogP contribution in [-0.2, 0) is 14.4 Å². The summed E-state index contributed by atoms with van der Waals surface area (Å²) < 4.78 is 5.91. The SMILES string of the molecule is O=C(CCCCCNc1cccc2c1C(=O)N(C1CCC(=O)NC1=O)C2=O)NCCOc1ccc(C(=C(CCCl)c2ccc(O)cc2)c2ccc(O)cc2)cc1. The number of allylic oxidation sites excluding steroid dienone is 1. The summed E-state index contributed by atoms with van der Waals surface area (Å²) in [6.07, 6.45) is 3.22. The Hall–Kier alpha value is -6.14. The Bertz CT molecular complexity index is 2120. The Labute approximate surface area is 329 Å². The highest BCUT2D eigenvalue weighted by atomic mass is 35.5. The number of nitrogens with zero attached hydrogens (tertiary/aromatic N) is 1. The first-order chi connectivity index (χ1) is 27.1. The lowest BCUT2D eigenvalue weighted by molar-refractivity contribution is -0.136. The first kappa shape index (κ1) is 39.6. The van der Waals surface area contributed by atoms with Gasteiger partial charge in [-0.05, 0) is 102 Å². The molecule has 4 aromatic carbocycles. The zero-order valence-electron chi connectivity index (χ0n) is 30.7. The van der Waals surface area contributed by atoms with Gasteiger partial charge < -0.3 is 25.6 Å². The second kappa shape index (κ2) is 18.5. The number of benzene rings is 4. The molecule has 0 bridgehead atoms. The first-order valence-corrected chi connectivity index (χ1v) is 19.1. The summed E-state index contributed by atoms with van der Waals surface area (Å²) in [6, 6.07) is 25.6. The van der Waals surface area contributed by atoms with Crippen molar-refractivity contribution in [3.63, 3.8) is 0 Å². The molecule has 2 heterocycles. The number of hydrogen-bond acceptors (Lipinski definition) is 9. The number of halogens is 1. The molecule has 6 rings (SSSR count). The number of rotatable bonds is 17. The molecule has 1 unspecified atom stereocenters. The smallest absolute Gasteiger partial charge is 0.264 e. The molecule has 2 aliphatic rings. The van der Waals surface area contributed by atoms with Gasteiger partial charge in [0.1, 0.15) is 29.9 Å². The summed E-state index contributed by atoms with van der Waals surface area (Å²) in [5.74, 6) is -0.902. The van der Waals surface area contributed by atoms with Crippen LogP contribution < -0.4 is 20.7 Å². The van der Waals surface area contributed by atoms with Crippen molar-refractivity contribution in [3.05, 3.63) is 119 Å². The van der Waals surface area contributed by atoms with Gasteiger partial charge in [-0.1, -0.05) is 48.9 Å². The van der Waals surface area contributed by atoms with Gasteiger partial charge in [0.25, 0.3) is 11.8 Å². The second-order valence-electron chi connectivity index (χ2n) is 13.5. The Morgan fingerprint density at radius 3 is 2.11 bits per heavy atom. The van der Waals surface area contributed by atoms with Gasteiger partial charge in [0, 0.05) is 31.0 Å². The van der Waals surface area contributed by atoms with Gasteiger partial charge >= 0.3 is 0 Å². The van der Waals surface area contributed by atoms with Crippen LogP contribution in [0.25, 0.3) is 11.1 Å². The van der Waals surface area contributed by atoms with Gasteiger partial charge in [0.15, 0.2) is 0 Å². The quantitative estimate of drug-likeness (QED) is 0.0359. The zero-order chi connectivity index (χ0) is 39.6. The number of phenolic OH excluding ortho intramolecular Hbond substituents is 2. The lowest BCUT2D eigenvalue weighted by Crippen LogP contribution is -2.54. The number of hydrogen-bond donors (Lipinski definition) is 5. The number of fused-ring (bicyclic) bond motifs is 1. The topological polar surface area (TPSA) is 174 Å². The number of carbonyl (C=O) groups is 5. The molecule has 0 spiro atoms. The van der Waals surface area contributed by atoms with E-state index in [9.17, 15) is 34.2 Å². The summed E-state index contributed by atoms with van der Waals surface area (Å²) in [7, 11) is 0. The average molecular weight is 779 g/mol. The van der Waals surface area contributed by atoms with E-state index in [0.717, 1.165) is 45.6 Å². The molecule has 12 nitrogen and oxygen atoms in total. The highest BCUT2D eigenvalue weighted by molar-refractivity contribution is 6.25. The van der Waals surface area contributed by atoms with E-state index < -0.39 is 29.7 Å². The zero-order valence-corrected chi connectivity index (χ0v) is 31.4. The van der Waals surface area contributed by atoms with Crippen molar-refractivity contribution >= 4 is 58.0 Å². The number of imide groups is 2. The molecule has 0 aromatic heterocycles. The molecule has 0 radical (unpaired) electrons. The number of unbranched alkanes of at least 4 members (excludes halogenated alkanes) is 2. The van der Waals surface area contributed by atoms with Crippen molar-refractivity contribution in [2.24, 2.45) is 0 Å². The molecular formula is C43H43ClN4O8. The van der Waals surface area contributed by atoms with Crippen molar-refractivity contribution in [1.29, 1.82) is 0 Å². The monoisotopic (exact) mass is 778 g/mol. The van der Waals surface area contributed by atoms with Crippen LogP contribution in [-0.4, -0.2) is 76.3 Å². The van der Waals surface area contributed by atoms with Crippen molar-refractivity contribution in [3.8, 4) is 17.2 Å². The summed E-state index contributed by atoms with van der Waals surface area (Å²) in [6.45, 7) is 1.13. The molecule has 13 heteroatoms. The number of piperidine rings is 1. The van der Waals surface area contributed by atoms with Crippen LogP contribution in [0.15, 0.2) is 91.0 Å². The molecule has 5 amide bonds. The highest BCUT2D eigenvalue weighted by Crippen LogP contribution is 2.37. The Balaban J connectivity index is 0.941. The first-order valence-electron chi connectivity index (χ1n) is 18.6.